The van der Waals surface area contributed by atoms with Crippen LogP contribution < -0.4 is 4.74 Å². The highest BCUT2D eigenvalue weighted by Gasteiger charge is 2.06. The van der Waals surface area contributed by atoms with Gasteiger partial charge < -0.3 is 4.74 Å². The van der Waals surface area contributed by atoms with Crippen LogP contribution in [0.15, 0.2) is 48.5 Å². The second kappa shape index (κ2) is 22.6. The molecular formula is C38H60O2. The van der Waals surface area contributed by atoms with Crippen LogP contribution in [0, 0.1) is 5.92 Å². The first kappa shape index (κ1) is 34.1. The molecule has 0 spiro atoms. The van der Waals surface area contributed by atoms with Gasteiger partial charge in [-0.2, -0.15) is 0 Å². The third-order valence-corrected chi connectivity index (χ3v) is 8.47. The van der Waals surface area contributed by atoms with Crippen molar-refractivity contribution < 1.29 is 9.53 Å². The van der Waals surface area contributed by atoms with Crippen molar-refractivity contribution in [1.29, 1.82) is 0 Å². The van der Waals surface area contributed by atoms with Crippen molar-refractivity contribution in [3.63, 3.8) is 0 Å². The van der Waals surface area contributed by atoms with Crippen molar-refractivity contribution in [2.75, 3.05) is 0 Å². The van der Waals surface area contributed by atoms with E-state index in [9.17, 15) is 4.79 Å². The molecule has 40 heavy (non-hydrogen) atoms. The fourth-order valence-corrected chi connectivity index (χ4v) is 5.44. The lowest BCUT2D eigenvalue weighted by Crippen LogP contribution is -2.07. The smallest absolute Gasteiger partial charge is 0.311 e. The summed E-state index contributed by atoms with van der Waals surface area (Å²) in [6, 6.07) is 16.8. The van der Waals surface area contributed by atoms with E-state index in [1.54, 1.807) is 0 Å². The highest BCUT2D eigenvalue weighted by atomic mass is 16.5. The molecule has 2 heteroatoms. The molecule has 0 saturated heterocycles. The van der Waals surface area contributed by atoms with Crippen LogP contribution in [0.2, 0.25) is 0 Å². The van der Waals surface area contributed by atoms with Gasteiger partial charge in [0.1, 0.15) is 5.75 Å². The molecule has 2 nitrogen and oxygen atoms in total. The van der Waals surface area contributed by atoms with Crippen LogP contribution >= 0.6 is 0 Å². The molecule has 0 bridgehead atoms. The molecule has 0 aliphatic carbocycles. The molecule has 0 aliphatic heterocycles. The Balaban J connectivity index is 1.48. The number of esters is 1. The summed E-state index contributed by atoms with van der Waals surface area (Å²) >= 11 is 0. The highest BCUT2D eigenvalue weighted by Crippen LogP contribution is 2.24. The minimum absolute atomic E-state index is 0.111. The van der Waals surface area contributed by atoms with Crippen LogP contribution in [0.25, 0.3) is 11.1 Å². The van der Waals surface area contributed by atoms with Gasteiger partial charge in [0.2, 0.25) is 0 Å². The molecule has 0 saturated carbocycles. The van der Waals surface area contributed by atoms with Crippen LogP contribution in [0.4, 0.5) is 0 Å². The second-order valence-corrected chi connectivity index (χ2v) is 12.2. The maximum Gasteiger partial charge on any atom is 0.311 e. The first-order valence-corrected chi connectivity index (χ1v) is 17.0. The summed E-state index contributed by atoms with van der Waals surface area (Å²) in [7, 11) is 0. The fraction of sp³-hybridized carbons (Fsp3) is 0.658. The number of aryl methyl sites for hydroxylation is 1. The summed E-state index contributed by atoms with van der Waals surface area (Å²) in [6.07, 6.45) is 26.9. The molecule has 0 radical (unpaired) electrons. The number of carbonyl (C=O) groups excluding carboxylic acids is 1. The van der Waals surface area contributed by atoms with Gasteiger partial charge in [-0.05, 0) is 54.0 Å². The predicted molar refractivity (Wildman–Crippen MR) is 174 cm³/mol. The number of rotatable bonds is 24. The Morgan fingerprint density at radius 2 is 1.05 bits per heavy atom. The molecule has 2 aromatic rings. The third-order valence-electron chi connectivity index (χ3n) is 8.47. The molecule has 0 amide bonds. The van der Waals surface area contributed by atoms with Crippen molar-refractivity contribution in [2.45, 2.75) is 156 Å². The number of unbranched alkanes of at least 4 members (excludes halogenated alkanes) is 15. The van der Waals surface area contributed by atoms with Gasteiger partial charge in [-0.3, -0.25) is 4.79 Å². The van der Waals surface area contributed by atoms with E-state index >= 15 is 0 Å². The molecule has 0 aromatic heterocycles. The first-order valence-electron chi connectivity index (χ1n) is 17.0. The summed E-state index contributed by atoms with van der Waals surface area (Å²) in [5.74, 6) is 1.35. The van der Waals surface area contributed by atoms with E-state index in [2.05, 4.69) is 57.2 Å². The third kappa shape index (κ3) is 16.2. The van der Waals surface area contributed by atoms with Crippen LogP contribution in [0.5, 0.6) is 5.75 Å². The van der Waals surface area contributed by atoms with Gasteiger partial charge in [0.05, 0.1) is 0 Å². The lowest BCUT2D eigenvalue weighted by atomic mass is 9.98. The molecule has 1 unspecified atom stereocenters. The van der Waals surface area contributed by atoms with Crippen molar-refractivity contribution in [3.05, 3.63) is 54.1 Å². The van der Waals surface area contributed by atoms with E-state index in [0.29, 0.717) is 12.2 Å². The van der Waals surface area contributed by atoms with Crippen LogP contribution in [-0.2, 0) is 11.2 Å². The maximum absolute atomic E-state index is 12.3. The van der Waals surface area contributed by atoms with Gasteiger partial charge in [0, 0.05) is 6.42 Å². The molecule has 224 valence electrons. The summed E-state index contributed by atoms with van der Waals surface area (Å²) in [4.78, 5) is 12.3. The summed E-state index contributed by atoms with van der Waals surface area (Å²) in [6.45, 7) is 6.90. The molecular weight excluding hydrogens is 488 g/mol. The monoisotopic (exact) mass is 548 g/mol. The van der Waals surface area contributed by atoms with E-state index in [0.717, 1.165) is 30.7 Å². The molecule has 2 rings (SSSR count). The van der Waals surface area contributed by atoms with Crippen LogP contribution in [0.3, 0.4) is 0 Å². The van der Waals surface area contributed by atoms with Gasteiger partial charge >= 0.3 is 5.97 Å². The topological polar surface area (TPSA) is 26.3 Å². The standard InChI is InChI=1S/C38H60O2/c1-4-6-7-8-9-10-11-12-13-14-15-16-17-18-19-20-24-38(39)40-37-31-29-36(30-32-37)35-27-25-34(26-28-35)23-21-22-33(3)5-2/h25-33H,4-24H2,1-3H3. The van der Waals surface area contributed by atoms with Crippen molar-refractivity contribution >= 4 is 5.97 Å². The SMILES string of the molecule is CCCCCCCCCCCCCCCCCCC(=O)Oc1ccc(-c2ccc(CCCC(C)CC)cc2)cc1. The van der Waals surface area contributed by atoms with Crippen LogP contribution in [-0.4, -0.2) is 5.97 Å². The molecule has 1 atom stereocenters. The van der Waals surface area contributed by atoms with E-state index in [1.165, 1.54) is 120 Å². The summed E-state index contributed by atoms with van der Waals surface area (Å²) < 4.78 is 5.58. The van der Waals surface area contributed by atoms with Gasteiger partial charge in [0.25, 0.3) is 0 Å². The molecule has 0 fully saturated rings. The second-order valence-electron chi connectivity index (χ2n) is 12.2. The van der Waals surface area contributed by atoms with E-state index in [-0.39, 0.29) is 5.97 Å². The molecule has 0 heterocycles. The van der Waals surface area contributed by atoms with Crippen molar-refractivity contribution in [2.24, 2.45) is 5.92 Å². The summed E-state index contributed by atoms with van der Waals surface area (Å²) in [5, 5.41) is 0. The lowest BCUT2D eigenvalue weighted by Gasteiger charge is -2.09. The van der Waals surface area contributed by atoms with Crippen LogP contribution in [0.1, 0.15) is 155 Å². The zero-order valence-electron chi connectivity index (χ0n) is 26.4. The molecule has 2 aromatic carbocycles. The Kier molecular flexibility index (Phi) is 19.3. The zero-order valence-corrected chi connectivity index (χ0v) is 26.4. The molecule has 0 N–H and O–H groups in total. The maximum atomic E-state index is 12.3. The Morgan fingerprint density at radius 1 is 0.600 bits per heavy atom. The summed E-state index contributed by atoms with van der Waals surface area (Å²) in [5.41, 5.74) is 3.77. The van der Waals surface area contributed by atoms with Crippen molar-refractivity contribution in [3.8, 4) is 16.9 Å². The Hall–Kier alpha value is -2.09. The fourth-order valence-electron chi connectivity index (χ4n) is 5.44. The Bertz CT molecular complexity index is 867. The normalized spacial score (nSPS) is 12.0. The number of carbonyl (C=O) groups is 1. The minimum atomic E-state index is -0.111. The largest absolute Gasteiger partial charge is 0.427 e. The van der Waals surface area contributed by atoms with Gasteiger partial charge in [-0.25, -0.2) is 0 Å². The Morgan fingerprint density at radius 3 is 1.52 bits per heavy atom. The average molecular weight is 549 g/mol. The average Bonchev–Trinajstić information content (AvgIpc) is 2.97. The highest BCUT2D eigenvalue weighted by molar-refractivity contribution is 5.73. The number of hydrogen-bond acceptors (Lipinski definition) is 2. The van der Waals surface area contributed by atoms with E-state index in [4.69, 9.17) is 4.74 Å². The van der Waals surface area contributed by atoms with Crippen molar-refractivity contribution in [1.82, 2.24) is 0 Å². The number of ether oxygens (including phenoxy) is 1. The minimum Gasteiger partial charge on any atom is -0.427 e. The number of benzene rings is 2. The predicted octanol–water partition coefficient (Wildman–Crippen LogP) is 12.3. The number of hydrogen-bond donors (Lipinski definition) is 0. The van der Waals surface area contributed by atoms with Gasteiger partial charge in [0.15, 0.2) is 0 Å². The zero-order chi connectivity index (χ0) is 28.7. The van der Waals surface area contributed by atoms with Gasteiger partial charge in [-0.1, -0.05) is 166 Å². The van der Waals surface area contributed by atoms with Gasteiger partial charge in [-0.15, -0.1) is 0 Å². The van der Waals surface area contributed by atoms with E-state index < -0.39 is 0 Å². The molecule has 0 aliphatic rings. The Labute approximate surface area is 247 Å². The quantitative estimate of drug-likeness (QED) is 0.0740. The van der Waals surface area contributed by atoms with E-state index in [1.807, 2.05) is 12.1 Å². The lowest BCUT2D eigenvalue weighted by molar-refractivity contribution is -0.134. The first-order chi connectivity index (χ1) is 19.6.